The van der Waals surface area contributed by atoms with E-state index in [2.05, 4.69) is 48.5 Å². The lowest BCUT2D eigenvalue weighted by Gasteiger charge is -2.27. The second kappa shape index (κ2) is 15.3. The molecule has 14 heteroatoms. The molecule has 51 heavy (non-hydrogen) atoms. The molecule has 6 rings (SSSR count). The van der Waals surface area contributed by atoms with Gasteiger partial charge in [-0.05, 0) is 66.1 Å². The van der Waals surface area contributed by atoms with E-state index in [0.717, 1.165) is 68.3 Å². The maximum Gasteiger partial charge on any atom is 0.407 e. The number of nitrogens with one attached hydrogen (secondary N) is 4. The van der Waals surface area contributed by atoms with Crippen molar-refractivity contribution in [3.63, 3.8) is 0 Å². The molecule has 3 heterocycles. The van der Waals surface area contributed by atoms with Crippen LogP contribution in [-0.2, 0) is 38.8 Å². The van der Waals surface area contributed by atoms with E-state index in [0.29, 0.717) is 37.8 Å². The Morgan fingerprint density at radius 3 is 2.63 bits per heavy atom. The lowest BCUT2D eigenvalue weighted by molar-refractivity contribution is -0.134. The summed E-state index contributed by atoms with van der Waals surface area (Å²) in [6, 6.07) is 14.4. The number of imidazole rings is 2. The smallest absolute Gasteiger partial charge is 0.407 e. The Hall–Kier alpha value is -5.92. The monoisotopic (exact) mass is 694 g/mol. The highest BCUT2D eigenvalue weighted by molar-refractivity contribution is 6.07. The van der Waals surface area contributed by atoms with Gasteiger partial charge < -0.3 is 39.9 Å². The van der Waals surface area contributed by atoms with E-state index in [9.17, 15) is 19.2 Å². The first-order chi connectivity index (χ1) is 24.7. The Balaban J connectivity index is 1.22. The van der Waals surface area contributed by atoms with Crippen molar-refractivity contribution in [2.75, 3.05) is 26.7 Å². The van der Waals surface area contributed by atoms with Gasteiger partial charge in [-0.15, -0.1) is 0 Å². The number of nitrogens with zero attached hydrogens (tertiary/aromatic N) is 4. The molecule has 1 aliphatic rings. The molecule has 1 aliphatic heterocycles. The fourth-order valence-corrected chi connectivity index (χ4v) is 6.35. The second-order valence-electron chi connectivity index (χ2n) is 12.6. The van der Waals surface area contributed by atoms with E-state index >= 15 is 0 Å². The van der Waals surface area contributed by atoms with Crippen molar-refractivity contribution in [3.8, 4) is 28.1 Å². The molecule has 0 unspecified atom stereocenters. The van der Waals surface area contributed by atoms with Crippen LogP contribution in [0.4, 0.5) is 4.79 Å². The molecule has 0 saturated carbocycles. The number of carbonyl (C=O) groups is 4. The average molecular weight is 695 g/mol. The van der Waals surface area contributed by atoms with Crippen LogP contribution >= 0.6 is 0 Å². The summed E-state index contributed by atoms with van der Waals surface area (Å²) in [7, 11) is 1.25. The molecule has 3 aromatic carbocycles. The maximum absolute atomic E-state index is 12.8. The molecule has 0 spiro atoms. The molecule has 2 aromatic heterocycles. The van der Waals surface area contributed by atoms with Gasteiger partial charge in [0.25, 0.3) is 0 Å². The Labute approximate surface area is 294 Å². The summed E-state index contributed by atoms with van der Waals surface area (Å²) in [4.78, 5) is 67.3. The number of hydrogen-bond donors (Lipinski definition) is 4. The third-order valence-electron chi connectivity index (χ3n) is 9.20. The van der Waals surface area contributed by atoms with Gasteiger partial charge in [-0.3, -0.25) is 14.4 Å². The van der Waals surface area contributed by atoms with Crippen molar-refractivity contribution in [2.45, 2.75) is 59.4 Å². The highest BCUT2D eigenvalue weighted by atomic mass is 16.5. The predicted octanol–water partition coefficient (Wildman–Crippen LogP) is 4.63. The summed E-state index contributed by atoms with van der Waals surface area (Å²) < 4.78 is 10.9. The molecule has 4 amide bonds. The highest BCUT2D eigenvalue weighted by Crippen LogP contribution is 2.42. The summed E-state index contributed by atoms with van der Waals surface area (Å²) in [6.45, 7) is 7.25. The number of methoxy groups -OCH3 is 1. The molecule has 0 bridgehead atoms. The number of ether oxygens (including phenoxy) is 2. The van der Waals surface area contributed by atoms with Gasteiger partial charge in [0.05, 0.1) is 49.7 Å². The van der Waals surface area contributed by atoms with Crippen molar-refractivity contribution in [1.29, 1.82) is 0 Å². The first-order valence-electron chi connectivity index (χ1n) is 17.0. The number of H-pyrrole nitrogens is 2. The van der Waals surface area contributed by atoms with Gasteiger partial charge in [-0.1, -0.05) is 32.0 Å². The normalized spacial score (nSPS) is 12.4. The Morgan fingerprint density at radius 1 is 1.02 bits per heavy atom. The SMILES string of the molecule is CCCN(Cc1ncc(-c2ccc3c(c2)COc2cc4c(ccc5nc(CN(C(=O)CNC=O)[C@@H](C)CC)[nH]c54)cc2-3)[nH]1)C(=O)CNC(=O)OC. The minimum atomic E-state index is -0.654. The standard InChI is InChI=1S/C37H42N8O6/c1-5-11-44(34(47)17-40-37(49)50-4)18-32-39-15-30(42-32)24-7-9-26-25(12-24)20-51-31-14-27-23(13-28(26)31)8-10-29-36(27)43-33(41-29)19-45(22(3)6-2)35(48)16-38-21-46/h7-10,12-15,21-22H,5-6,11,16-20H2,1-4H3,(H,38,46)(H,39,42)(H,40,49)(H,41,43)/t22-/m0/s1. The lowest BCUT2D eigenvalue weighted by Crippen LogP contribution is -2.42. The zero-order valence-corrected chi connectivity index (χ0v) is 29.2. The van der Waals surface area contributed by atoms with E-state index in [1.165, 1.54) is 7.11 Å². The number of fused-ring (bicyclic) bond motifs is 6. The van der Waals surface area contributed by atoms with Gasteiger partial charge in [0, 0.05) is 23.5 Å². The summed E-state index contributed by atoms with van der Waals surface area (Å²) >= 11 is 0. The van der Waals surface area contributed by atoms with Gasteiger partial charge in [0.2, 0.25) is 18.2 Å². The molecule has 0 saturated heterocycles. The van der Waals surface area contributed by atoms with E-state index in [1.807, 2.05) is 45.0 Å². The van der Waals surface area contributed by atoms with Crippen LogP contribution in [0.2, 0.25) is 0 Å². The van der Waals surface area contributed by atoms with Crippen LogP contribution < -0.4 is 15.4 Å². The number of benzene rings is 3. The third kappa shape index (κ3) is 7.49. The molecule has 266 valence electrons. The molecular weight excluding hydrogens is 652 g/mol. The van der Waals surface area contributed by atoms with Crippen LogP contribution in [0, 0.1) is 0 Å². The summed E-state index contributed by atoms with van der Waals surface area (Å²) in [5.41, 5.74) is 6.53. The molecule has 4 N–H and O–H groups in total. The fourth-order valence-electron chi connectivity index (χ4n) is 6.35. The molecule has 1 atom stereocenters. The minimum Gasteiger partial charge on any atom is -0.488 e. The number of rotatable bonds is 14. The van der Waals surface area contributed by atoms with E-state index in [4.69, 9.17) is 9.72 Å². The molecule has 0 fully saturated rings. The van der Waals surface area contributed by atoms with Crippen molar-refractivity contribution in [3.05, 3.63) is 65.9 Å². The van der Waals surface area contributed by atoms with E-state index < -0.39 is 6.09 Å². The maximum atomic E-state index is 12.8. The Kier molecular flexibility index (Phi) is 10.5. The van der Waals surface area contributed by atoms with Gasteiger partial charge >= 0.3 is 6.09 Å². The number of aromatic amines is 2. The molecule has 5 aromatic rings. The number of hydrogen-bond acceptors (Lipinski definition) is 8. The number of carbonyl (C=O) groups excluding carboxylic acids is 4. The number of alkyl carbamates (subject to hydrolysis) is 1. The minimum absolute atomic E-state index is 0.0257. The molecule has 0 radical (unpaired) electrons. The fraction of sp³-hybridized carbons (Fsp3) is 0.351. The second-order valence-corrected chi connectivity index (χ2v) is 12.6. The summed E-state index contributed by atoms with van der Waals surface area (Å²) in [5, 5.41) is 6.90. The highest BCUT2D eigenvalue weighted by Gasteiger charge is 2.23. The molecular formula is C37H42N8O6. The van der Waals surface area contributed by atoms with Gasteiger partial charge in [-0.25, -0.2) is 14.8 Å². The van der Waals surface area contributed by atoms with Crippen LogP contribution in [0.25, 0.3) is 44.2 Å². The van der Waals surface area contributed by atoms with Crippen LogP contribution in [0.15, 0.2) is 48.7 Å². The number of aromatic nitrogens is 4. The van der Waals surface area contributed by atoms with Crippen LogP contribution in [0.1, 0.15) is 50.8 Å². The van der Waals surface area contributed by atoms with Crippen LogP contribution in [0.5, 0.6) is 5.75 Å². The van der Waals surface area contributed by atoms with Gasteiger partial charge in [-0.2, -0.15) is 0 Å². The van der Waals surface area contributed by atoms with Crippen molar-refractivity contribution < 1.29 is 28.7 Å². The quantitative estimate of drug-likeness (QED) is 0.122. The van der Waals surface area contributed by atoms with Gasteiger partial charge in [0.15, 0.2) is 0 Å². The van der Waals surface area contributed by atoms with Crippen molar-refractivity contribution >= 4 is 46.1 Å². The third-order valence-corrected chi connectivity index (χ3v) is 9.20. The largest absolute Gasteiger partial charge is 0.488 e. The van der Waals surface area contributed by atoms with Crippen LogP contribution in [-0.4, -0.2) is 86.8 Å². The van der Waals surface area contributed by atoms with Gasteiger partial charge in [0.1, 0.15) is 30.5 Å². The summed E-state index contributed by atoms with van der Waals surface area (Å²) in [5.74, 6) is 1.68. The first kappa shape index (κ1) is 34.9. The van der Waals surface area contributed by atoms with Crippen LogP contribution in [0.3, 0.4) is 0 Å². The Bertz CT molecular complexity index is 2090. The first-order valence-corrected chi connectivity index (χ1v) is 17.0. The van der Waals surface area contributed by atoms with E-state index in [-0.39, 0.29) is 37.5 Å². The average Bonchev–Trinajstić information content (AvgIpc) is 3.80. The van der Waals surface area contributed by atoms with Crippen molar-refractivity contribution in [2.24, 2.45) is 0 Å². The molecule has 0 aliphatic carbocycles. The Morgan fingerprint density at radius 2 is 1.86 bits per heavy atom. The zero-order valence-electron chi connectivity index (χ0n) is 29.2. The van der Waals surface area contributed by atoms with E-state index in [1.54, 1.807) is 16.0 Å². The lowest BCUT2D eigenvalue weighted by atomic mass is 9.92. The topological polar surface area (TPSA) is 175 Å². The zero-order chi connectivity index (χ0) is 36.1. The predicted molar refractivity (Wildman–Crippen MR) is 191 cm³/mol. The van der Waals surface area contributed by atoms with Crippen molar-refractivity contribution in [1.82, 2.24) is 40.4 Å². The molecule has 14 nitrogen and oxygen atoms in total. The number of amides is 4. The summed E-state index contributed by atoms with van der Waals surface area (Å²) in [6.07, 6.45) is 3.16.